The highest BCUT2D eigenvalue weighted by molar-refractivity contribution is 6.30. The third-order valence-corrected chi connectivity index (χ3v) is 0. The van der Waals surface area contributed by atoms with Crippen LogP contribution in [-0.2, 0) is 0 Å². The van der Waals surface area contributed by atoms with Crippen molar-refractivity contribution in [2.24, 2.45) is 0 Å². The maximum absolute atomic E-state index is 7.17. The van der Waals surface area contributed by atoms with Crippen molar-refractivity contribution in [1.82, 2.24) is 0 Å². The SMILES string of the molecule is CC.OB(O)O. The molecule has 38 valence electrons. The lowest BCUT2D eigenvalue weighted by Gasteiger charge is -1.69. The van der Waals surface area contributed by atoms with Gasteiger partial charge in [0.25, 0.3) is 0 Å². The summed E-state index contributed by atoms with van der Waals surface area (Å²) in [6, 6.07) is 0. The lowest BCUT2D eigenvalue weighted by molar-refractivity contribution is 0.278. The topological polar surface area (TPSA) is 60.7 Å². The average molecular weight is 91.9 g/mol. The lowest BCUT2D eigenvalue weighted by Crippen LogP contribution is -2.07. The molecule has 4 heteroatoms. The Hall–Kier alpha value is -0.0551. The molecular formula is C2H9BO3. The van der Waals surface area contributed by atoms with Crippen LogP contribution < -0.4 is 0 Å². The van der Waals surface area contributed by atoms with Gasteiger partial charge in [0.05, 0.1) is 0 Å². The Balaban J connectivity index is 0. The molecule has 0 fully saturated rings. The minimum absolute atomic E-state index is 2.00. The Morgan fingerprint density at radius 1 is 1.00 bits per heavy atom. The number of hydrogen-bond acceptors (Lipinski definition) is 3. The van der Waals surface area contributed by atoms with E-state index in [4.69, 9.17) is 15.1 Å². The molecule has 3 N–H and O–H groups in total. The van der Waals surface area contributed by atoms with Crippen molar-refractivity contribution in [3.05, 3.63) is 0 Å². The molecule has 0 rings (SSSR count). The summed E-state index contributed by atoms with van der Waals surface area (Å²) in [5.41, 5.74) is 0. The molecular weight excluding hydrogens is 82.8 g/mol. The third kappa shape index (κ3) is 11300. The third-order valence-electron chi connectivity index (χ3n) is 0. The molecule has 3 nitrogen and oxygen atoms in total. The van der Waals surface area contributed by atoms with Gasteiger partial charge in [-0.15, -0.1) is 0 Å². The first-order valence-corrected chi connectivity index (χ1v) is 1.77. The molecule has 0 radical (unpaired) electrons. The molecule has 0 heterocycles. The summed E-state index contributed by atoms with van der Waals surface area (Å²) in [5.74, 6) is 0. The highest BCUT2D eigenvalue weighted by Gasteiger charge is 1.92. The molecule has 0 aliphatic carbocycles. The van der Waals surface area contributed by atoms with E-state index in [0.717, 1.165) is 0 Å². The molecule has 6 heavy (non-hydrogen) atoms. The van der Waals surface area contributed by atoms with E-state index in [0.29, 0.717) is 0 Å². The molecule has 0 atom stereocenters. The zero-order chi connectivity index (χ0) is 5.58. The fourth-order valence-corrected chi connectivity index (χ4v) is 0. The Labute approximate surface area is 37.4 Å². The summed E-state index contributed by atoms with van der Waals surface area (Å²) in [6.07, 6.45) is 0. The average Bonchev–Trinajstić information content (AvgIpc) is 1.41. The zero-order valence-corrected chi connectivity index (χ0v) is 3.92. The standard InChI is InChI=1S/C2H6.BH3O3/c1-2;2-1(3)4/h1-2H3;2-4H. The van der Waals surface area contributed by atoms with Crippen molar-refractivity contribution in [3.8, 4) is 0 Å². The minimum Gasteiger partial charge on any atom is -0.402 e. The molecule has 0 aromatic heterocycles. The Kier molecular flexibility index (Phi) is 13.8. The normalized spacial score (nSPS) is 5.50. The first-order valence-electron chi connectivity index (χ1n) is 1.77. The van der Waals surface area contributed by atoms with Crippen LogP contribution in [0.1, 0.15) is 13.8 Å². The predicted octanol–water partition coefficient (Wildman–Crippen LogP) is -1.03. The van der Waals surface area contributed by atoms with Gasteiger partial charge < -0.3 is 15.1 Å². The summed E-state index contributed by atoms with van der Waals surface area (Å²) < 4.78 is 0. The second kappa shape index (κ2) is 8.87. The Morgan fingerprint density at radius 2 is 1.00 bits per heavy atom. The number of hydrogen-bond donors (Lipinski definition) is 3. The molecule has 0 aliphatic heterocycles. The van der Waals surface area contributed by atoms with Crippen LogP contribution in [0.2, 0.25) is 0 Å². The quantitative estimate of drug-likeness (QED) is 0.335. The van der Waals surface area contributed by atoms with Gasteiger partial charge in [-0.25, -0.2) is 0 Å². The number of rotatable bonds is 0. The Bertz CT molecular complexity index is 13.5. The Morgan fingerprint density at radius 3 is 1.00 bits per heavy atom. The van der Waals surface area contributed by atoms with Crippen LogP contribution in [-0.4, -0.2) is 22.4 Å². The van der Waals surface area contributed by atoms with Crippen molar-refractivity contribution >= 4 is 7.32 Å². The van der Waals surface area contributed by atoms with Gasteiger partial charge in [-0.2, -0.15) is 0 Å². The van der Waals surface area contributed by atoms with E-state index in [1.165, 1.54) is 0 Å². The van der Waals surface area contributed by atoms with Gasteiger partial charge in [-0.1, -0.05) is 13.8 Å². The van der Waals surface area contributed by atoms with E-state index < -0.39 is 7.32 Å². The molecule has 0 aromatic carbocycles. The molecule has 0 bridgehead atoms. The van der Waals surface area contributed by atoms with Gasteiger partial charge >= 0.3 is 7.32 Å². The van der Waals surface area contributed by atoms with Crippen molar-refractivity contribution < 1.29 is 15.1 Å². The molecule has 0 saturated carbocycles. The smallest absolute Gasteiger partial charge is 0.402 e. The summed E-state index contributed by atoms with van der Waals surface area (Å²) in [6.45, 7) is 4.00. The fraction of sp³-hybridized carbons (Fsp3) is 1.00. The largest absolute Gasteiger partial charge is 0.631 e. The van der Waals surface area contributed by atoms with Crippen molar-refractivity contribution in [3.63, 3.8) is 0 Å². The highest BCUT2D eigenvalue weighted by atomic mass is 16.5. The van der Waals surface area contributed by atoms with E-state index in [9.17, 15) is 0 Å². The van der Waals surface area contributed by atoms with Gasteiger partial charge in [-0.05, 0) is 0 Å². The van der Waals surface area contributed by atoms with Crippen molar-refractivity contribution in [2.75, 3.05) is 0 Å². The van der Waals surface area contributed by atoms with Crippen LogP contribution >= 0.6 is 0 Å². The second-order valence-corrected chi connectivity index (χ2v) is 0.346. The molecule has 0 spiro atoms. The van der Waals surface area contributed by atoms with Crippen LogP contribution in [0.15, 0.2) is 0 Å². The maximum atomic E-state index is 7.17. The zero-order valence-electron chi connectivity index (χ0n) is 3.92. The molecule has 0 aliphatic rings. The lowest BCUT2D eigenvalue weighted by atomic mass is 10.3. The van der Waals surface area contributed by atoms with E-state index in [1.54, 1.807) is 0 Å². The van der Waals surface area contributed by atoms with E-state index in [-0.39, 0.29) is 0 Å². The van der Waals surface area contributed by atoms with Crippen LogP contribution in [0.5, 0.6) is 0 Å². The molecule has 0 amide bonds. The van der Waals surface area contributed by atoms with E-state index in [1.807, 2.05) is 13.8 Å². The molecule has 0 saturated heterocycles. The second-order valence-electron chi connectivity index (χ2n) is 0.346. The van der Waals surface area contributed by atoms with E-state index in [2.05, 4.69) is 0 Å². The summed E-state index contributed by atoms with van der Waals surface area (Å²) in [7, 11) is -2.17. The fourth-order valence-electron chi connectivity index (χ4n) is 0. The van der Waals surface area contributed by atoms with Gasteiger partial charge in [0.2, 0.25) is 0 Å². The van der Waals surface area contributed by atoms with Crippen LogP contribution in [0, 0.1) is 0 Å². The summed E-state index contributed by atoms with van der Waals surface area (Å²) >= 11 is 0. The monoisotopic (exact) mass is 92.1 g/mol. The van der Waals surface area contributed by atoms with Gasteiger partial charge in [0, 0.05) is 0 Å². The first-order chi connectivity index (χ1) is 2.73. The van der Waals surface area contributed by atoms with Crippen LogP contribution in [0.4, 0.5) is 0 Å². The maximum Gasteiger partial charge on any atom is 0.631 e. The van der Waals surface area contributed by atoms with Gasteiger partial charge in [-0.3, -0.25) is 0 Å². The van der Waals surface area contributed by atoms with Gasteiger partial charge in [0.1, 0.15) is 0 Å². The van der Waals surface area contributed by atoms with Gasteiger partial charge in [0.15, 0.2) is 0 Å². The summed E-state index contributed by atoms with van der Waals surface area (Å²) in [5, 5.41) is 21.5. The minimum atomic E-state index is -2.17. The first kappa shape index (κ1) is 9.34. The molecule has 0 unspecified atom stereocenters. The summed E-state index contributed by atoms with van der Waals surface area (Å²) in [4.78, 5) is 0. The van der Waals surface area contributed by atoms with Crippen LogP contribution in [0.3, 0.4) is 0 Å². The van der Waals surface area contributed by atoms with Crippen molar-refractivity contribution in [2.45, 2.75) is 13.8 Å². The van der Waals surface area contributed by atoms with Crippen molar-refractivity contribution in [1.29, 1.82) is 0 Å². The predicted molar refractivity (Wildman–Crippen MR) is 23.8 cm³/mol. The van der Waals surface area contributed by atoms with E-state index >= 15 is 0 Å². The van der Waals surface area contributed by atoms with Crippen LogP contribution in [0.25, 0.3) is 0 Å². The molecule has 0 aromatic rings. The highest BCUT2D eigenvalue weighted by Crippen LogP contribution is 1.40.